The highest BCUT2D eigenvalue weighted by Gasteiger charge is 2.30. The topological polar surface area (TPSA) is 55.7 Å². The molecule has 1 fully saturated rings. The van der Waals surface area contributed by atoms with Crippen molar-refractivity contribution in [3.05, 3.63) is 0 Å². The summed E-state index contributed by atoms with van der Waals surface area (Å²) in [7, 11) is 0. The fourth-order valence-electron chi connectivity index (χ4n) is 2.83. The lowest BCUT2D eigenvalue weighted by atomic mass is 9.89. The van der Waals surface area contributed by atoms with Crippen LogP contribution in [0.15, 0.2) is 0 Å². The van der Waals surface area contributed by atoms with E-state index in [1.54, 1.807) is 0 Å². The Balaban J connectivity index is 2.47. The molecule has 0 bridgehead atoms. The molecule has 1 heterocycles. The van der Waals surface area contributed by atoms with Gasteiger partial charge in [-0.1, -0.05) is 6.92 Å². The van der Waals surface area contributed by atoms with Crippen LogP contribution in [-0.4, -0.2) is 59.5 Å². The third-order valence-corrected chi connectivity index (χ3v) is 4.06. The van der Waals surface area contributed by atoms with E-state index in [9.17, 15) is 10.2 Å². The summed E-state index contributed by atoms with van der Waals surface area (Å²) in [4.78, 5) is 2.53. The molecule has 0 aromatic heterocycles. The lowest BCUT2D eigenvalue weighted by Crippen LogP contribution is -2.56. The lowest BCUT2D eigenvalue weighted by Gasteiger charge is -2.39. The zero-order chi connectivity index (χ0) is 13.6. The quantitative estimate of drug-likeness (QED) is 0.633. The molecule has 1 aliphatic heterocycles. The minimum Gasteiger partial charge on any atom is -0.394 e. The molecule has 0 aromatic rings. The monoisotopic (exact) mass is 258 g/mol. The molecule has 2 unspecified atom stereocenters. The van der Waals surface area contributed by atoms with Gasteiger partial charge in [-0.15, -0.1) is 0 Å². The van der Waals surface area contributed by atoms with E-state index in [0.717, 1.165) is 6.54 Å². The second-order valence-electron chi connectivity index (χ2n) is 6.01. The average molecular weight is 258 g/mol. The third-order valence-electron chi connectivity index (χ3n) is 4.06. The highest BCUT2D eigenvalue weighted by molar-refractivity contribution is 4.88. The molecule has 4 nitrogen and oxygen atoms in total. The van der Waals surface area contributed by atoms with E-state index in [2.05, 4.69) is 24.1 Å². The molecule has 0 spiro atoms. The van der Waals surface area contributed by atoms with Crippen LogP contribution < -0.4 is 5.32 Å². The van der Waals surface area contributed by atoms with E-state index in [-0.39, 0.29) is 13.2 Å². The van der Waals surface area contributed by atoms with E-state index < -0.39 is 5.54 Å². The highest BCUT2D eigenvalue weighted by atomic mass is 16.3. The van der Waals surface area contributed by atoms with Gasteiger partial charge >= 0.3 is 0 Å². The minimum atomic E-state index is -0.563. The van der Waals surface area contributed by atoms with E-state index in [1.165, 1.54) is 32.4 Å². The maximum Gasteiger partial charge on any atom is 0.0633 e. The molecule has 0 amide bonds. The molecule has 18 heavy (non-hydrogen) atoms. The zero-order valence-corrected chi connectivity index (χ0v) is 12.2. The number of aliphatic hydroxyl groups excluding tert-OH is 2. The second-order valence-corrected chi connectivity index (χ2v) is 6.01. The van der Waals surface area contributed by atoms with Gasteiger partial charge in [0.1, 0.15) is 0 Å². The second kappa shape index (κ2) is 7.43. The molecule has 108 valence electrons. The van der Waals surface area contributed by atoms with Crippen molar-refractivity contribution in [1.29, 1.82) is 0 Å². The van der Waals surface area contributed by atoms with Gasteiger partial charge in [0, 0.05) is 12.6 Å². The molecule has 1 aliphatic rings. The van der Waals surface area contributed by atoms with Gasteiger partial charge in [0.05, 0.1) is 18.8 Å². The predicted molar refractivity (Wildman–Crippen MR) is 74.6 cm³/mol. The van der Waals surface area contributed by atoms with Crippen molar-refractivity contribution in [1.82, 2.24) is 10.2 Å². The van der Waals surface area contributed by atoms with Crippen LogP contribution in [0.3, 0.4) is 0 Å². The molecule has 0 aromatic carbocycles. The Labute approximate surface area is 111 Å². The van der Waals surface area contributed by atoms with Crippen LogP contribution in [0.1, 0.15) is 40.0 Å². The average Bonchev–Trinajstić information content (AvgIpc) is 2.39. The summed E-state index contributed by atoms with van der Waals surface area (Å²) in [6.45, 7) is 9.74. The summed E-state index contributed by atoms with van der Waals surface area (Å²) in [6.07, 6.45) is 3.70. The number of hydrogen-bond acceptors (Lipinski definition) is 4. The minimum absolute atomic E-state index is 0.0285. The van der Waals surface area contributed by atoms with Crippen LogP contribution >= 0.6 is 0 Å². The maximum absolute atomic E-state index is 9.34. The van der Waals surface area contributed by atoms with E-state index in [0.29, 0.717) is 12.0 Å². The Morgan fingerprint density at radius 2 is 2.06 bits per heavy atom. The van der Waals surface area contributed by atoms with Crippen molar-refractivity contribution in [3.63, 3.8) is 0 Å². The Morgan fingerprint density at radius 1 is 1.39 bits per heavy atom. The molecule has 0 saturated carbocycles. The molecule has 1 saturated heterocycles. The summed E-state index contributed by atoms with van der Waals surface area (Å²) in [5, 5.41) is 22.1. The summed E-state index contributed by atoms with van der Waals surface area (Å²) >= 11 is 0. The van der Waals surface area contributed by atoms with Crippen LogP contribution in [0.5, 0.6) is 0 Å². The Hall–Kier alpha value is -0.160. The van der Waals surface area contributed by atoms with Crippen LogP contribution in [-0.2, 0) is 0 Å². The van der Waals surface area contributed by atoms with Crippen molar-refractivity contribution >= 4 is 0 Å². The normalized spacial score (nSPS) is 24.2. The lowest BCUT2D eigenvalue weighted by molar-refractivity contribution is 0.0738. The van der Waals surface area contributed by atoms with Crippen LogP contribution in [0, 0.1) is 5.92 Å². The van der Waals surface area contributed by atoms with Gasteiger partial charge in [0.25, 0.3) is 0 Å². The molecule has 0 aliphatic carbocycles. The first-order valence-corrected chi connectivity index (χ1v) is 7.26. The number of likely N-dealkylation sites (tertiary alicyclic amines) is 1. The van der Waals surface area contributed by atoms with Gasteiger partial charge < -0.3 is 20.4 Å². The summed E-state index contributed by atoms with van der Waals surface area (Å²) < 4.78 is 0. The molecule has 0 radical (unpaired) electrons. The molecule has 2 atom stereocenters. The number of piperidine rings is 1. The van der Waals surface area contributed by atoms with E-state index >= 15 is 0 Å². The van der Waals surface area contributed by atoms with Gasteiger partial charge in [0.2, 0.25) is 0 Å². The number of hydrogen-bond donors (Lipinski definition) is 3. The summed E-state index contributed by atoms with van der Waals surface area (Å²) in [5.41, 5.74) is -0.563. The van der Waals surface area contributed by atoms with Gasteiger partial charge in [0.15, 0.2) is 0 Å². The first-order chi connectivity index (χ1) is 8.54. The number of nitrogens with zero attached hydrogens (tertiary/aromatic N) is 1. The summed E-state index contributed by atoms with van der Waals surface area (Å²) in [5.74, 6) is 0.614. The number of aliphatic hydroxyl groups is 2. The van der Waals surface area contributed by atoms with Crippen molar-refractivity contribution in [2.75, 3.05) is 32.8 Å². The largest absolute Gasteiger partial charge is 0.394 e. The van der Waals surface area contributed by atoms with Crippen molar-refractivity contribution in [2.45, 2.75) is 51.6 Å². The highest BCUT2D eigenvalue weighted by Crippen LogP contribution is 2.21. The fraction of sp³-hybridized carbons (Fsp3) is 1.00. The first-order valence-electron chi connectivity index (χ1n) is 7.26. The number of rotatable bonds is 7. The first kappa shape index (κ1) is 15.9. The maximum atomic E-state index is 9.34. The molecular formula is C14H30N2O2. The van der Waals surface area contributed by atoms with Crippen molar-refractivity contribution in [3.8, 4) is 0 Å². The predicted octanol–water partition coefficient (Wildman–Crippen LogP) is 0.830. The third kappa shape index (κ3) is 4.50. The standard InChI is InChI=1S/C14H30N2O2/c1-4-7-16-8-5-6-13(9-16)12(2)15-14(3,10-17)11-18/h12-13,15,17-18H,4-11H2,1-3H3. The van der Waals surface area contributed by atoms with E-state index in [1.807, 2.05) is 6.92 Å². The Morgan fingerprint density at radius 3 is 2.61 bits per heavy atom. The van der Waals surface area contributed by atoms with Gasteiger partial charge in [-0.3, -0.25) is 0 Å². The van der Waals surface area contributed by atoms with Gasteiger partial charge in [-0.05, 0) is 52.1 Å². The Kier molecular flexibility index (Phi) is 6.57. The smallest absolute Gasteiger partial charge is 0.0633 e. The zero-order valence-electron chi connectivity index (χ0n) is 12.2. The summed E-state index contributed by atoms with van der Waals surface area (Å²) in [6, 6.07) is 0.328. The Bertz CT molecular complexity index is 230. The molecule has 1 rings (SSSR count). The fourth-order valence-corrected chi connectivity index (χ4v) is 2.83. The molecular weight excluding hydrogens is 228 g/mol. The van der Waals surface area contributed by atoms with Crippen LogP contribution in [0.4, 0.5) is 0 Å². The van der Waals surface area contributed by atoms with Crippen LogP contribution in [0.2, 0.25) is 0 Å². The van der Waals surface area contributed by atoms with Gasteiger partial charge in [-0.2, -0.15) is 0 Å². The van der Waals surface area contributed by atoms with E-state index in [4.69, 9.17) is 0 Å². The van der Waals surface area contributed by atoms with Crippen molar-refractivity contribution in [2.24, 2.45) is 5.92 Å². The van der Waals surface area contributed by atoms with Gasteiger partial charge in [-0.25, -0.2) is 0 Å². The number of nitrogens with one attached hydrogen (secondary N) is 1. The molecule has 4 heteroatoms. The van der Waals surface area contributed by atoms with Crippen molar-refractivity contribution < 1.29 is 10.2 Å². The molecule has 3 N–H and O–H groups in total. The SMILES string of the molecule is CCCN1CCCC(C(C)NC(C)(CO)CO)C1. The van der Waals surface area contributed by atoms with Crippen LogP contribution in [0.25, 0.3) is 0 Å².